The van der Waals surface area contributed by atoms with Gasteiger partial charge in [0, 0.05) is 18.8 Å². The van der Waals surface area contributed by atoms with Crippen LogP contribution in [0.1, 0.15) is 10.4 Å². The van der Waals surface area contributed by atoms with E-state index in [0.717, 1.165) is 4.90 Å². The Morgan fingerprint density at radius 1 is 1.25 bits per heavy atom. The molecule has 2 aromatic rings. The second kappa shape index (κ2) is 7.31. The summed E-state index contributed by atoms with van der Waals surface area (Å²) in [5, 5.41) is 9.02. The predicted molar refractivity (Wildman–Crippen MR) is 79.8 cm³/mol. The maximum atomic E-state index is 12.3. The number of hydrogen-bond acceptors (Lipinski definition) is 4. The van der Waals surface area contributed by atoms with E-state index in [0.29, 0.717) is 11.5 Å². The van der Waals surface area contributed by atoms with Gasteiger partial charge >= 0.3 is 6.18 Å². The monoisotopic (exact) mass is 340 g/mol. The zero-order chi connectivity index (χ0) is 17.7. The zero-order valence-corrected chi connectivity index (χ0v) is 12.7. The molecule has 128 valence electrons. The number of ether oxygens (including phenoxy) is 1. The third-order valence-electron chi connectivity index (χ3n) is 3.14. The number of carbonyl (C=O) groups excluding carboxylic acids is 1. The molecule has 0 saturated heterocycles. The Hall–Kier alpha value is -2.61. The molecule has 0 fully saturated rings. The van der Waals surface area contributed by atoms with E-state index in [9.17, 15) is 18.0 Å². The van der Waals surface area contributed by atoms with Crippen LogP contribution in [0.15, 0.2) is 48.8 Å². The van der Waals surface area contributed by atoms with Gasteiger partial charge in [0.1, 0.15) is 11.5 Å². The Morgan fingerprint density at radius 3 is 2.46 bits per heavy atom. The molecule has 5 nitrogen and oxygen atoms in total. The van der Waals surface area contributed by atoms with Crippen molar-refractivity contribution in [3.8, 4) is 11.5 Å². The molecule has 24 heavy (non-hydrogen) atoms. The summed E-state index contributed by atoms with van der Waals surface area (Å²) in [7, 11) is 1.19. The van der Waals surface area contributed by atoms with Crippen molar-refractivity contribution in [3.05, 3.63) is 54.4 Å². The van der Waals surface area contributed by atoms with Gasteiger partial charge in [0.25, 0.3) is 5.91 Å². The second-order valence-electron chi connectivity index (χ2n) is 5.06. The van der Waals surface area contributed by atoms with E-state index < -0.39 is 24.7 Å². The number of likely N-dealkylation sites (N-methyl/N-ethyl adjacent to an activating group) is 1. The number of alkyl halides is 3. The highest BCUT2D eigenvalue weighted by atomic mass is 19.4. The smallest absolute Gasteiger partial charge is 0.416 e. The molecule has 1 N–H and O–H groups in total. The standard InChI is InChI=1S/C16H15F3N2O3/c1-21(10-14(22)16(17,18)19)15(23)11-4-6-12(7-5-11)24-13-3-2-8-20-9-13/h2-9,14,22H,10H2,1H3. The Labute approximate surface area is 136 Å². The number of carbonyl (C=O) groups is 1. The van der Waals surface area contributed by atoms with Crippen molar-refractivity contribution in [2.45, 2.75) is 12.3 Å². The van der Waals surface area contributed by atoms with Crippen LogP contribution in [-0.4, -0.2) is 46.8 Å². The number of halogens is 3. The molecular formula is C16H15F3N2O3. The van der Waals surface area contributed by atoms with Crippen LogP contribution in [0, 0.1) is 0 Å². The number of amides is 1. The molecule has 1 aromatic heterocycles. The van der Waals surface area contributed by atoms with E-state index in [1.54, 1.807) is 18.3 Å². The molecular weight excluding hydrogens is 325 g/mol. The van der Waals surface area contributed by atoms with E-state index in [1.165, 1.54) is 37.5 Å². The minimum atomic E-state index is -4.77. The Kier molecular flexibility index (Phi) is 5.40. The first-order valence-electron chi connectivity index (χ1n) is 6.95. The fourth-order valence-corrected chi connectivity index (χ4v) is 1.88. The Balaban J connectivity index is 2.00. The molecule has 2 rings (SSSR count). The Bertz CT molecular complexity index is 675. The molecule has 0 spiro atoms. The zero-order valence-electron chi connectivity index (χ0n) is 12.7. The number of benzene rings is 1. The fraction of sp³-hybridized carbons (Fsp3) is 0.250. The third-order valence-corrected chi connectivity index (χ3v) is 3.14. The number of hydrogen-bond donors (Lipinski definition) is 1. The van der Waals surface area contributed by atoms with E-state index >= 15 is 0 Å². The highest BCUT2D eigenvalue weighted by Crippen LogP contribution is 2.22. The van der Waals surface area contributed by atoms with Gasteiger partial charge in [0.2, 0.25) is 0 Å². The van der Waals surface area contributed by atoms with Crippen LogP contribution in [0.2, 0.25) is 0 Å². The van der Waals surface area contributed by atoms with Gasteiger partial charge in [0.05, 0.1) is 12.7 Å². The highest BCUT2D eigenvalue weighted by Gasteiger charge is 2.39. The average molecular weight is 340 g/mol. The molecule has 0 aliphatic rings. The van der Waals surface area contributed by atoms with Crippen molar-refractivity contribution in [2.24, 2.45) is 0 Å². The molecule has 1 heterocycles. The summed E-state index contributed by atoms with van der Waals surface area (Å²) in [6, 6.07) is 9.32. The van der Waals surface area contributed by atoms with Crippen molar-refractivity contribution in [1.82, 2.24) is 9.88 Å². The normalized spacial score (nSPS) is 12.5. The number of pyridine rings is 1. The summed E-state index contributed by atoms with van der Waals surface area (Å²) in [5.74, 6) is 0.339. The number of rotatable bonds is 5. The van der Waals surface area contributed by atoms with Crippen LogP contribution in [0.5, 0.6) is 11.5 Å². The minimum Gasteiger partial charge on any atom is -0.456 e. The van der Waals surface area contributed by atoms with Crippen LogP contribution in [-0.2, 0) is 0 Å². The van der Waals surface area contributed by atoms with Gasteiger partial charge in [-0.15, -0.1) is 0 Å². The molecule has 0 bridgehead atoms. The van der Waals surface area contributed by atoms with E-state index in [-0.39, 0.29) is 5.56 Å². The largest absolute Gasteiger partial charge is 0.456 e. The molecule has 8 heteroatoms. The van der Waals surface area contributed by atoms with E-state index in [2.05, 4.69) is 4.98 Å². The number of aliphatic hydroxyl groups is 1. The number of aliphatic hydroxyl groups excluding tert-OH is 1. The molecule has 1 atom stereocenters. The first kappa shape index (κ1) is 17.7. The quantitative estimate of drug-likeness (QED) is 0.909. The second-order valence-corrected chi connectivity index (χ2v) is 5.06. The third kappa shape index (κ3) is 4.69. The molecule has 0 aliphatic carbocycles. The van der Waals surface area contributed by atoms with Crippen LogP contribution in [0.3, 0.4) is 0 Å². The van der Waals surface area contributed by atoms with Gasteiger partial charge in [-0.1, -0.05) is 0 Å². The van der Waals surface area contributed by atoms with Gasteiger partial charge < -0.3 is 14.7 Å². The molecule has 1 amide bonds. The number of aromatic nitrogens is 1. The summed E-state index contributed by atoms with van der Waals surface area (Å²) in [6.07, 6.45) is -4.24. The van der Waals surface area contributed by atoms with Gasteiger partial charge in [-0.2, -0.15) is 13.2 Å². The van der Waals surface area contributed by atoms with Crippen molar-refractivity contribution in [2.75, 3.05) is 13.6 Å². The first-order valence-corrected chi connectivity index (χ1v) is 6.95. The SMILES string of the molecule is CN(CC(O)C(F)(F)F)C(=O)c1ccc(Oc2cccnc2)cc1. The van der Waals surface area contributed by atoms with E-state index in [4.69, 9.17) is 9.84 Å². The van der Waals surface area contributed by atoms with Gasteiger partial charge in [-0.3, -0.25) is 9.78 Å². The lowest BCUT2D eigenvalue weighted by Crippen LogP contribution is -2.41. The molecule has 0 aliphatic heterocycles. The van der Waals surface area contributed by atoms with Crippen LogP contribution in [0.25, 0.3) is 0 Å². The lowest BCUT2D eigenvalue weighted by Gasteiger charge is -2.22. The molecule has 0 radical (unpaired) electrons. The van der Waals surface area contributed by atoms with Gasteiger partial charge in [-0.05, 0) is 36.4 Å². The summed E-state index contributed by atoms with van der Waals surface area (Å²) in [5.41, 5.74) is 0.186. The lowest BCUT2D eigenvalue weighted by molar-refractivity contribution is -0.205. The maximum Gasteiger partial charge on any atom is 0.416 e. The van der Waals surface area contributed by atoms with E-state index in [1.807, 2.05) is 0 Å². The molecule has 0 saturated carbocycles. The van der Waals surface area contributed by atoms with Crippen LogP contribution in [0.4, 0.5) is 13.2 Å². The van der Waals surface area contributed by atoms with Crippen molar-refractivity contribution in [1.29, 1.82) is 0 Å². The van der Waals surface area contributed by atoms with Crippen LogP contribution < -0.4 is 4.74 Å². The molecule has 1 aromatic carbocycles. The van der Waals surface area contributed by atoms with Crippen molar-refractivity contribution >= 4 is 5.91 Å². The fourth-order valence-electron chi connectivity index (χ4n) is 1.88. The van der Waals surface area contributed by atoms with Crippen LogP contribution >= 0.6 is 0 Å². The van der Waals surface area contributed by atoms with Gasteiger partial charge in [0.15, 0.2) is 6.10 Å². The summed E-state index contributed by atoms with van der Waals surface area (Å²) < 4.78 is 42.5. The van der Waals surface area contributed by atoms with Crippen molar-refractivity contribution < 1.29 is 27.8 Å². The summed E-state index contributed by atoms with van der Waals surface area (Å²) in [6.45, 7) is -0.837. The van der Waals surface area contributed by atoms with Crippen molar-refractivity contribution in [3.63, 3.8) is 0 Å². The molecule has 1 unspecified atom stereocenters. The maximum absolute atomic E-state index is 12.3. The lowest BCUT2D eigenvalue weighted by atomic mass is 10.2. The minimum absolute atomic E-state index is 0.186. The summed E-state index contributed by atoms with van der Waals surface area (Å²) >= 11 is 0. The average Bonchev–Trinajstić information content (AvgIpc) is 2.55. The predicted octanol–water partition coefficient (Wildman–Crippen LogP) is 2.87. The first-order chi connectivity index (χ1) is 11.3. The van der Waals surface area contributed by atoms with Gasteiger partial charge in [-0.25, -0.2) is 0 Å². The highest BCUT2D eigenvalue weighted by molar-refractivity contribution is 5.94. The summed E-state index contributed by atoms with van der Waals surface area (Å²) in [4.78, 5) is 16.8. The Morgan fingerprint density at radius 2 is 1.92 bits per heavy atom. The number of nitrogens with zero attached hydrogens (tertiary/aromatic N) is 2. The topological polar surface area (TPSA) is 62.7 Å².